The Morgan fingerprint density at radius 2 is 2.14 bits per heavy atom. The van der Waals surface area contributed by atoms with Gasteiger partial charge in [0.2, 0.25) is 5.89 Å². The molecule has 2 aromatic rings. The topological polar surface area (TPSA) is 38.5 Å². The van der Waals surface area contributed by atoms with Gasteiger partial charge in [-0.3, -0.25) is 4.90 Å². The maximum Gasteiger partial charge on any atom is 0.221 e. The molecule has 0 N–H and O–H groups in total. The summed E-state index contributed by atoms with van der Waals surface area (Å²) in [6.45, 7) is 2.42. The zero-order valence-electron chi connectivity index (χ0n) is 11.9. The first-order chi connectivity index (χ1) is 10.3. The number of hydrogen-bond donors (Lipinski definition) is 0. The quantitative estimate of drug-likeness (QED) is 0.848. The van der Waals surface area contributed by atoms with Crippen molar-refractivity contribution < 1.29 is 13.5 Å². The van der Waals surface area contributed by atoms with Gasteiger partial charge >= 0.3 is 0 Å². The molecule has 4 nitrogen and oxygen atoms in total. The van der Waals surface area contributed by atoms with Crippen LogP contribution < -0.4 is 0 Å². The van der Waals surface area contributed by atoms with Crippen molar-refractivity contribution in [3.05, 3.63) is 30.2 Å². The second-order valence-electron chi connectivity index (χ2n) is 6.10. The SMILES string of the molecule is F[C@@H]1CN(CC2CC2)C[C@@H]1OCc1nc2ccccc2o1. The Bertz CT molecular complexity index is 593. The van der Waals surface area contributed by atoms with Gasteiger partial charge in [0.25, 0.3) is 0 Å². The fraction of sp³-hybridized carbons (Fsp3) is 0.562. The number of para-hydroxylation sites is 2. The molecule has 1 aromatic heterocycles. The molecule has 21 heavy (non-hydrogen) atoms. The second kappa shape index (κ2) is 5.39. The number of benzene rings is 1. The zero-order valence-corrected chi connectivity index (χ0v) is 11.9. The minimum absolute atomic E-state index is 0.233. The first-order valence-electron chi connectivity index (χ1n) is 7.60. The molecule has 2 heterocycles. The molecule has 5 heteroatoms. The molecule has 1 aliphatic carbocycles. The molecule has 0 amide bonds. The number of halogens is 1. The molecular weight excluding hydrogens is 271 g/mol. The number of rotatable bonds is 5. The lowest BCUT2D eigenvalue weighted by atomic mass is 10.3. The van der Waals surface area contributed by atoms with E-state index in [9.17, 15) is 4.39 Å². The van der Waals surface area contributed by atoms with Crippen molar-refractivity contribution in [2.75, 3.05) is 19.6 Å². The maximum absolute atomic E-state index is 14.0. The lowest BCUT2D eigenvalue weighted by molar-refractivity contribution is 0.00247. The van der Waals surface area contributed by atoms with E-state index >= 15 is 0 Å². The smallest absolute Gasteiger partial charge is 0.221 e. The van der Waals surface area contributed by atoms with Crippen LogP contribution in [-0.4, -0.2) is 41.8 Å². The Labute approximate surface area is 122 Å². The third kappa shape index (κ3) is 2.94. The van der Waals surface area contributed by atoms with Gasteiger partial charge in [-0.1, -0.05) is 12.1 Å². The summed E-state index contributed by atoms with van der Waals surface area (Å²) in [4.78, 5) is 6.53. The van der Waals surface area contributed by atoms with E-state index in [1.807, 2.05) is 24.3 Å². The normalized spacial score (nSPS) is 26.7. The molecule has 2 aliphatic rings. The van der Waals surface area contributed by atoms with Gasteiger partial charge in [-0.25, -0.2) is 9.37 Å². The van der Waals surface area contributed by atoms with Crippen LogP contribution >= 0.6 is 0 Å². The Morgan fingerprint density at radius 1 is 1.29 bits per heavy atom. The molecular formula is C16H19FN2O2. The van der Waals surface area contributed by atoms with E-state index in [1.54, 1.807) is 0 Å². The van der Waals surface area contributed by atoms with Crippen LogP contribution in [-0.2, 0) is 11.3 Å². The highest BCUT2D eigenvalue weighted by molar-refractivity contribution is 5.72. The van der Waals surface area contributed by atoms with Crippen LogP contribution in [0.15, 0.2) is 28.7 Å². The predicted octanol–water partition coefficient (Wildman–Crippen LogP) is 2.78. The number of hydrogen-bond acceptors (Lipinski definition) is 4. The summed E-state index contributed by atoms with van der Waals surface area (Å²) in [5.74, 6) is 1.30. The number of ether oxygens (including phenoxy) is 1. The summed E-state index contributed by atoms with van der Waals surface area (Å²) in [5.41, 5.74) is 1.56. The average molecular weight is 290 g/mol. The minimum Gasteiger partial charge on any atom is -0.438 e. The molecule has 0 radical (unpaired) electrons. The fourth-order valence-electron chi connectivity index (χ4n) is 2.94. The van der Waals surface area contributed by atoms with Gasteiger partial charge in [0.15, 0.2) is 5.58 Å². The van der Waals surface area contributed by atoms with Crippen LogP contribution in [0.5, 0.6) is 0 Å². The largest absolute Gasteiger partial charge is 0.438 e. The molecule has 2 atom stereocenters. The highest BCUT2D eigenvalue weighted by Gasteiger charge is 2.36. The Morgan fingerprint density at radius 3 is 2.95 bits per heavy atom. The molecule has 1 aromatic carbocycles. The third-order valence-corrected chi connectivity index (χ3v) is 4.25. The van der Waals surface area contributed by atoms with Crippen molar-refractivity contribution >= 4 is 11.1 Å². The van der Waals surface area contributed by atoms with Crippen molar-refractivity contribution in [1.82, 2.24) is 9.88 Å². The highest BCUT2D eigenvalue weighted by atomic mass is 19.1. The van der Waals surface area contributed by atoms with Crippen LogP contribution in [0.3, 0.4) is 0 Å². The molecule has 2 fully saturated rings. The number of fused-ring (bicyclic) bond motifs is 1. The Hall–Kier alpha value is -1.46. The molecule has 4 rings (SSSR count). The van der Waals surface area contributed by atoms with Crippen LogP contribution in [0.2, 0.25) is 0 Å². The van der Waals surface area contributed by atoms with Crippen LogP contribution in [0.1, 0.15) is 18.7 Å². The van der Waals surface area contributed by atoms with Crippen molar-refractivity contribution in [2.45, 2.75) is 31.7 Å². The van der Waals surface area contributed by atoms with Gasteiger partial charge in [0, 0.05) is 19.6 Å². The van der Waals surface area contributed by atoms with E-state index in [0.717, 1.165) is 23.6 Å². The van der Waals surface area contributed by atoms with Crippen LogP contribution in [0.4, 0.5) is 4.39 Å². The number of aromatic nitrogens is 1. The summed E-state index contributed by atoms with van der Waals surface area (Å²) in [6, 6.07) is 7.59. The Balaban J connectivity index is 1.35. The lowest BCUT2D eigenvalue weighted by Gasteiger charge is -2.14. The predicted molar refractivity (Wildman–Crippen MR) is 76.6 cm³/mol. The molecule has 0 bridgehead atoms. The van der Waals surface area contributed by atoms with Gasteiger partial charge in [-0.2, -0.15) is 0 Å². The van der Waals surface area contributed by atoms with Crippen molar-refractivity contribution in [1.29, 1.82) is 0 Å². The van der Waals surface area contributed by atoms with E-state index in [2.05, 4.69) is 9.88 Å². The highest BCUT2D eigenvalue weighted by Crippen LogP contribution is 2.31. The fourth-order valence-corrected chi connectivity index (χ4v) is 2.94. The summed E-state index contributed by atoms with van der Waals surface area (Å²) in [6.07, 6.45) is 1.32. The summed E-state index contributed by atoms with van der Waals surface area (Å²) >= 11 is 0. The number of likely N-dealkylation sites (tertiary alicyclic amines) is 1. The number of oxazole rings is 1. The maximum atomic E-state index is 14.0. The van der Waals surface area contributed by atoms with Crippen molar-refractivity contribution in [3.8, 4) is 0 Å². The van der Waals surface area contributed by atoms with E-state index < -0.39 is 6.17 Å². The van der Waals surface area contributed by atoms with Crippen LogP contribution in [0.25, 0.3) is 11.1 Å². The molecule has 0 spiro atoms. The third-order valence-electron chi connectivity index (χ3n) is 4.25. The number of alkyl halides is 1. The Kier molecular flexibility index (Phi) is 3.39. The van der Waals surface area contributed by atoms with Crippen molar-refractivity contribution in [3.63, 3.8) is 0 Å². The van der Waals surface area contributed by atoms with Gasteiger partial charge < -0.3 is 9.15 Å². The summed E-state index contributed by atoms with van der Waals surface area (Å²) < 4.78 is 25.3. The molecule has 112 valence electrons. The molecule has 1 saturated carbocycles. The summed E-state index contributed by atoms with van der Waals surface area (Å²) in [7, 11) is 0. The molecule has 1 aliphatic heterocycles. The monoisotopic (exact) mass is 290 g/mol. The van der Waals surface area contributed by atoms with Gasteiger partial charge in [-0.05, 0) is 30.9 Å². The van der Waals surface area contributed by atoms with E-state index in [4.69, 9.17) is 9.15 Å². The lowest BCUT2D eigenvalue weighted by Crippen LogP contribution is -2.25. The van der Waals surface area contributed by atoms with E-state index in [-0.39, 0.29) is 12.7 Å². The first kappa shape index (κ1) is 13.2. The first-order valence-corrected chi connectivity index (χ1v) is 7.60. The van der Waals surface area contributed by atoms with Crippen LogP contribution in [0, 0.1) is 5.92 Å². The van der Waals surface area contributed by atoms with Crippen molar-refractivity contribution in [2.24, 2.45) is 5.92 Å². The standard InChI is InChI=1S/C16H19FN2O2/c17-12-8-19(7-11-5-6-11)9-15(12)20-10-16-18-13-3-1-2-4-14(13)21-16/h1-4,11-12,15H,5-10H2/t12-,15+/m1/s1. The molecule has 1 saturated heterocycles. The van der Waals surface area contributed by atoms with E-state index in [1.165, 1.54) is 12.8 Å². The zero-order chi connectivity index (χ0) is 14.2. The average Bonchev–Trinajstić information content (AvgIpc) is 3.08. The van der Waals surface area contributed by atoms with Gasteiger partial charge in [0.1, 0.15) is 24.4 Å². The van der Waals surface area contributed by atoms with Gasteiger partial charge in [-0.15, -0.1) is 0 Å². The minimum atomic E-state index is -0.909. The number of nitrogens with zero attached hydrogens (tertiary/aromatic N) is 2. The second-order valence-corrected chi connectivity index (χ2v) is 6.10. The van der Waals surface area contributed by atoms with E-state index in [0.29, 0.717) is 19.0 Å². The van der Waals surface area contributed by atoms with Gasteiger partial charge in [0.05, 0.1) is 0 Å². The molecule has 0 unspecified atom stereocenters. The summed E-state index contributed by atoms with van der Waals surface area (Å²) in [5, 5.41) is 0.